The van der Waals surface area contributed by atoms with Gasteiger partial charge in [-0.05, 0) is 36.1 Å². The predicted molar refractivity (Wildman–Crippen MR) is 93.5 cm³/mol. The van der Waals surface area contributed by atoms with Crippen LogP contribution in [0.1, 0.15) is 21.6 Å². The summed E-state index contributed by atoms with van der Waals surface area (Å²) in [6.45, 7) is 0. The molecule has 1 aromatic heterocycles. The topological polar surface area (TPSA) is 78.0 Å². The number of aromatic amines is 1. The molecule has 0 fully saturated rings. The van der Waals surface area contributed by atoms with Gasteiger partial charge in [-0.15, -0.1) is 0 Å². The van der Waals surface area contributed by atoms with Crippen LogP contribution in [0.5, 0.6) is 0 Å². The number of carbonyl (C=O) groups excluding carboxylic acids is 1. The molecular weight excluding hydrogens is 314 g/mol. The van der Waals surface area contributed by atoms with Gasteiger partial charge in [-0.25, -0.2) is 10.5 Å². The van der Waals surface area contributed by atoms with E-state index in [2.05, 4.69) is 33.6 Å². The molecule has 0 spiro atoms. The summed E-state index contributed by atoms with van der Waals surface area (Å²) in [5.41, 5.74) is 4.29. The van der Waals surface area contributed by atoms with Crippen molar-refractivity contribution in [3.63, 3.8) is 0 Å². The van der Waals surface area contributed by atoms with Gasteiger partial charge in [-0.2, -0.15) is 0 Å². The van der Waals surface area contributed by atoms with Crippen LogP contribution in [0.15, 0.2) is 60.8 Å². The number of carbonyl (C=O) groups is 1. The van der Waals surface area contributed by atoms with Crippen molar-refractivity contribution in [2.24, 2.45) is 0 Å². The van der Waals surface area contributed by atoms with Crippen molar-refractivity contribution in [3.05, 3.63) is 77.6 Å². The second-order valence-corrected chi connectivity index (χ2v) is 5.03. The van der Waals surface area contributed by atoms with Gasteiger partial charge in [0.25, 0.3) is 5.91 Å². The molecule has 0 unspecified atom stereocenters. The lowest BCUT2D eigenvalue weighted by Crippen LogP contribution is -2.18. The van der Waals surface area contributed by atoms with Gasteiger partial charge in [-0.3, -0.25) is 10.0 Å². The molecular formula is C20H13N3O2. The van der Waals surface area contributed by atoms with Gasteiger partial charge in [0.15, 0.2) is 0 Å². The first-order valence-electron chi connectivity index (χ1n) is 7.43. The first-order chi connectivity index (χ1) is 12.3. The Morgan fingerprint density at radius 2 is 1.60 bits per heavy atom. The smallest absolute Gasteiger partial charge is 0.292 e. The minimum atomic E-state index is -0.641. The Balaban J connectivity index is 1.71. The fraction of sp³-hybridized carbons (Fsp3) is 0. The number of rotatable bonds is 2. The lowest BCUT2D eigenvalue weighted by atomic mass is 10.1. The first-order valence-corrected chi connectivity index (χ1v) is 7.43. The zero-order valence-electron chi connectivity index (χ0n) is 13.1. The third-order valence-electron chi connectivity index (χ3n) is 3.33. The highest BCUT2D eigenvalue weighted by Crippen LogP contribution is 2.16. The quantitative estimate of drug-likeness (QED) is 0.385. The van der Waals surface area contributed by atoms with E-state index in [1.165, 1.54) is 6.20 Å². The van der Waals surface area contributed by atoms with E-state index >= 15 is 0 Å². The Kier molecular flexibility index (Phi) is 4.92. The number of hydroxylamine groups is 1. The van der Waals surface area contributed by atoms with E-state index in [0.29, 0.717) is 5.82 Å². The molecule has 0 saturated heterocycles. The van der Waals surface area contributed by atoms with Crippen LogP contribution in [0.3, 0.4) is 0 Å². The Bertz CT molecular complexity index is 998. The van der Waals surface area contributed by atoms with Crippen LogP contribution >= 0.6 is 0 Å². The number of nitrogens with one attached hydrogen (secondary N) is 2. The number of hydrogen-bond acceptors (Lipinski definition) is 3. The molecule has 5 heteroatoms. The average molecular weight is 327 g/mol. The number of benzene rings is 2. The molecule has 25 heavy (non-hydrogen) atoms. The lowest BCUT2D eigenvalue weighted by molar-refractivity contribution is 0.0701. The van der Waals surface area contributed by atoms with Crippen molar-refractivity contribution < 1.29 is 10.0 Å². The van der Waals surface area contributed by atoms with Crippen LogP contribution in [-0.4, -0.2) is 21.1 Å². The summed E-state index contributed by atoms with van der Waals surface area (Å²) in [5, 5.41) is 8.61. The van der Waals surface area contributed by atoms with E-state index in [0.717, 1.165) is 16.7 Å². The number of H-pyrrole nitrogens is 1. The third-order valence-corrected chi connectivity index (χ3v) is 3.33. The SMILES string of the molecule is O=C(NO)c1cnc(-c2ccc(C#CC#Cc3ccccc3)cc2)[nH]1. The molecule has 0 saturated carbocycles. The minimum Gasteiger partial charge on any atom is -0.334 e. The Morgan fingerprint density at radius 3 is 2.24 bits per heavy atom. The fourth-order valence-corrected chi connectivity index (χ4v) is 2.08. The molecule has 5 nitrogen and oxygen atoms in total. The van der Waals surface area contributed by atoms with Crippen molar-refractivity contribution in [1.29, 1.82) is 0 Å². The van der Waals surface area contributed by atoms with Crippen LogP contribution in [0.25, 0.3) is 11.4 Å². The normalized spacial score (nSPS) is 9.32. The van der Waals surface area contributed by atoms with E-state index in [1.807, 2.05) is 54.6 Å². The predicted octanol–water partition coefficient (Wildman–Crippen LogP) is 2.60. The van der Waals surface area contributed by atoms with E-state index in [4.69, 9.17) is 5.21 Å². The maximum atomic E-state index is 11.3. The summed E-state index contributed by atoms with van der Waals surface area (Å²) < 4.78 is 0. The van der Waals surface area contributed by atoms with Crippen LogP contribution in [0.2, 0.25) is 0 Å². The lowest BCUT2D eigenvalue weighted by Gasteiger charge is -1.97. The zero-order valence-corrected chi connectivity index (χ0v) is 13.1. The molecule has 1 amide bonds. The summed E-state index contributed by atoms with van der Waals surface area (Å²) in [7, 11) is 0. The van der Waals surface area contributed by atoms with Gasteiger partial charge in [0, 0.05) is 16.7 Å². The Morgan fingerprint density at radius 1 is 0.960 bits per heavy atom. The van der Waals surface area contributed by atoms with Gasteiger partial charge in [0.05, 0.1) is 6.20 Å². The average Bonchev–Trinajstić information content (AvgIpc) is 3.16. The highest BCUT2D eigenvalue weighted by molar-refractivity contribution is 5.91. The van der Waals surface area contributed by atoms with E-state index in [-0.39, 0.29) is 5.69 Å². The first kappa shape index (κ1) is 16.1. The molecule has 0 aliphatic carbocycles. The van der Waals surface area contributed by atoms with Crippen LogP contribution in [0.4, 0.5) is 0 Å². The Hall–Kier alpha value is -3.80. The number of imidazole rings is 1. The number of amides is 1. The fourth-order valence-electron chi connectivity index (χ4n) is 2.08. The summed E-state index contributed by atoms with van der Waals surface area (Å²) in [6, 6.07) is 17.0. The van der Waals surface area contributed by atoms with Crippen LogP contribution < -0.4 is 5.48 Å². The number of hydrogen-bond donors (Lipinski definition) is 3. The molecule has 0 radical (unpaired) electrons. The summed E-state index contributed by atoms with van der Waals surface area (Å²) in [5.74, 6) is 11.5. The van der Waals surface area contributed by atoms with E-state index in [1.54, 1.807) is 5.48 Å². The Labute approximate surface area is 144 Å². The maximum absolute atomic E-state index is 11.3. The maximum Gasteiger partial charge on any atom is 0.292 e. The molecule has 0 bridgehead atoms. The highest BCUT2D eigenvalue weighted by atomic mass is 16.5. The molecule has 120 valence electrons. The van der Waals surface area contributed by atoms with E-state index in [9.17, 15) is 4.79 Å². The van der Waals surface area contributed by atoms with E-state index < -0.39 is 5.91 Å². The monoisotopic (exact) mass is 327 g/mol. The molecule has 2 aromatic carbocycles. The molecule has 3 aromatic rings. The standard InChI is InChI=1S/C20H13N3O2/c24-20(23-25)18-14-21-19(22-18)17-12-10-16(11-13-17)9-5-4-8-15-6-2-1-3-7-15/h1-3,6-7,10-14,25H,(H,21,22)(H,23,24). The van der Waals surface area contributed by atoms with Gasteiger partial charge >= 0.3 is 0 Å². The van der Waals surface area contributed by atoms with Crippen molar-refractivity contribution >= 4 is 5.91 Å². The minimum absolute atomic E-state index is 0.178. The second kappa shape index (κ2) is 7.65. The summed E-state index contributed by atoms with van der Waals surface area (Å²) in [4.78, 5) is 18.2. The molecule has 0 atom stereocenters. The zero-order chi connectivity index (χ0) is 17.5. The third kappa shape index (κ3) is 4.14. The number of aromatic nitrogens is 2. The highest BCUT2D eigenvalue weighted by Gasteiger charge is 2.09. The van der Waals surface area contributed by atoms with Crippen LogP contribution in [0, 0.1) is 23.7 Å². The van der Waals surface area contributed by atoms with Crippen LogP contribution in [-0.2, 0) is 0 Å². The van der Waals surface area contributed by atoms with Crippen molar-refractivity contribution in [2.75, 3.05) is 0 Å². The summed E-state index contributed by atoms with van der Waals surface area (Å²) >= 11 is 0. The molecule has 3 rings (SSSR count). The van der Waals surface area contributed by atoms with Gasteiger partial charge in [0.1, 0.15) is 11.5 Å². The van der Waals surface area contributed by atoms with Gasteiger partial charge in [-0.1, -0.05) is 42.2 Å². The molecule has 3 N–H and O–H groups in total. The van der Waals surface area contributed by atoms with Crippen molar-refractivity contribution in [2.45, 2.75) is 0 Å². The van der Waals surface area contributed by atoms with Crippen molar-refractivity contribution in [3.8, 4) is 35.1 Å². The van der Waals surface area contributed by atoms with Gasteiger partial charge in [0.2, 0.25) is 0 Å². The van der Waals surface area contributed by atoms with Gasteiger partial charge < -0.3 is 4.98 Å². The largest absolute Gasteiger partial charge is 0.334 e. The second-order valence-electron chi connectivity index (χ2n) is 5.03. The molecule has 1 heterocycles. The number of nitrogens with zero attached hydrogens (tertiary/aromatic N) is 1. The molecule has 0 aliphatic rings. The van der Waals surface area contributed by atoms with Crippen molar-refractivity contribution in [1.82, 2.24) is 15.4 Å². The summed E-state index contributed by atoms with van der Waals surface area (Å²) in [6.07, 6.45) is 1.35. The molecule has 0 aliphatic heterocycles.